The molecule has 0 fully saturated rings. The first-order valence-electron chi connectivity index (χ1n) is 9.41. The lowest BCUT2D eigenvalue weighted by Gasteiger charge is -2.10. The maximum Gasteiger partial charge on any atom is 0.292 e. The van der Waals surface area contributed by atoms with Crippen LogP contribution in [0, 0.1) is 6.92 Å². The maximum absolute atomic E-state index is 12.7. The third-order valence-corrected chi connectivity index (χ3v) is 4.98. The van der Waals surface area contributed by atoms with Gasteiger partial charge in [-0.2, -0.15) is 10.2 Å². The summed E-state index contributed by atoms with van der Waals surface area (Å²) < 4.78 is 1.84. The molecule has 5 heteroatoms. The highest BCUT2D eigenvalue weighted by Crippen LogP contribution is 2.35. The summed E-state index contributed by atoms with van der Waals surface area (Å²) >= 11 is 0. The SMILES string of the molecule is Cc1ccc(-n2nc3c(=O)[nH]nc(-c4ccccc4)c3c2-c2ccccc2)cc1. The second-order valence-electron chi connectivity index (χ2n) is 6.95. The highest BCUT2D eigenvalue weighted by atomic mass is 16.1. The summed E-state index contributed by atoms with van der Waals surface area (Å²) in [6, 6.07) is 27.9. The molecular formula is C24H18N4O. The second-order valence-corrected chi connectivity index (χ2v) is 6.95. The molecule has 0 saturated carbocycles. The van der Waals surface area contributed by atoms with E-state index in [1.54, 1.807) is 0 Å². The van der Waals surface area contributed by atoms with Crippen molar-refractivity contribution in [2.24, 2.45) is 0 Å². The normalized spacial score (nSPS) is 11.1. The topological polar surface area (TPSA) is 63.6 Å². The molecule has 0 spiro atoms. The fourth-order valence-electron chi connectivity index (χ4n) is 3.56. The quantitative estimate of drug-likeness (QED) is 0.493. The van der Waals surface area contributed by atoms with Crippen LogP contribution in [-0.4, -0.2) is 20.0 Å². The standard InChI is InChI=1S/C24H18N4O/c1-16-12-14-19(15-13-16)28-23(18-10-6-3-7-11-18)20-21(17-8-4-2-5-9-17)25-26-24(29)22(20)27-28/h2-15H,1H3,(H,26,29). The van der Waals surface area contributed by atoms with Gasteiger partial charge in [-0.05, 0) is 19.1 Å². The predicted molar refractivity (Wildman–Crippen MR) is 115 cm³/mol. The van der Waals surface area contributed by atoms with E-state index in [1.807, 2.05) is 96.5 Å². The van der Waals surface area contributed by atoms with Crippen LogP contribution < -0.4 is 5.56 Å². The summed E-state index contributed by atoms with van der Waals surface area (Å²) in [5.41, 5.74) is 5.58. The lowest BCUT2D eigenvalue weighted by atomic mass is 10.0. The predicted octanol–water partition coefficient (Wildman–Crippen LogP) is 4.75. The second kappa shape index (κ2) is 6.87. The van der Waals surface area contributed by atoms with Gasteiger partial charge >= 0.3 is 0 Å². The van der Waals surface area contributed by atoms with Gasteiger partial charge in [-0.15, -0.1) is 0 Å². The number of H-pyrrole nitrogens is 1. The van der Waals surface area contributed by atoms with Crippen LogP contribution in [0.1, 0.15) is 5.56 Å². The van der Waals surface area contributed by atoms with Gasteiger partial charge in [-0.3, -0.25) is 4.79 Å². The fraction of sp³-hybridized carbons (Fsp3) is 0.0417. The molecule has 0 unspecified atom stereocenters. The Labute approximate surface area is 167 Å². The van der Waals surface area contributed by atoms with Crippen LogP contribution in [0.4, 0.5) is 0 Å². The Balaban J connectivity index is 1.92. The molecule has 2 heterocycles. The van der Waals surface area contributed by atoms with Gasteiger partial charge in [0.25, 0.3) is 5.56 Å². The molecule has 0 aliphatic carbocycles. The van der Waals surface area contributed by atoms with E-state index in [4.69, 9.17) is 5.10 Å². The number of aromatic amines is 1. The molecular weight excluding hydrogens is 360 g/mol. The number of hydrogen-bond acceptors (Lipinski definition) is 3. The lowest BCUT2D eigenvalue weighted by Crippen LogP contribution is -2.09. The van der Waals surface area contributed by atoms with Crippen molar-refractivity contribution in [1.29, 1.82) is 0 Å². The Morgan fingerprint density at radius 1 is 0.793 bits per heavy atom. The third-order valence-electron chi connectivity index (χ3n) is 4.98. The van der Waals surface area contributed by atoms with Gasteiger partial charge in [-0.1, -0.05) is 78.4 Å². The highest BCUT2D eigenvalue weighted by molar-refractivity contribution is 6.02. The minimum atomic E-state index is -0.303. The summed E-state index contributed by atoms with van der Waals surface area (Å²) in [5.74, 6) is 0. The Kier molecular flexibility index (Phi) is 4.06. The van der Waals surface area contributed by atoms with Gasteiger partial charge in [0.2, 0.25) is 0 Å². The Morgan fingerprint density at radius 2 is 1.41 bits per heavy atom. The van der Waals surface area contributed by atoms with Crippen molar-refractivity contribution in [3.05, 3.63) is 101 Å². The van der Waals surface area contributed by atoms with Crippen LogP contribution in [0.5, 0.6) is 0 Å². The minimum absolute atomic E-state index is 0.303. The molecule has 29 heavy (non-hydrogen) atoms. The zero-order chi connectivity index (χ0) is 19.8. The first kappa shape index (κ1) is 17.1. The molecule has 0 saturated heterocycles. The molecule has 0 aliphatic heterocycles. The number of fused-ring (bicyclic) bond motifs is 1. The van der Waals surface area contributed by atoms with Crippen molar-refractivity contribution >= 4 is 10.9 Å². The number of hydrogen-bond donors (Lipinski definition) is 1. The number of nitrogens with one attached hydrogen (secondary N) is 1. The van der Waals surface area contributed by atoms with Gasteiger partial charge in [0.05, 0.1) is 16.8 Å². The van der Waals surface area contributed by atoms with Crippen LogP contribution in [0.25, 0.3) is 39.1 Å². The molecule has 1 N–H and O–H groups in total. The zero-order valence-electron chi connectivity index (χ0n) is 15.8. The van der Waals surface area contributed by atoms with Gasteiger partial charge in [-0.25, -0.2) is 9.78 Å². The number of benzene rings is 3. The van der Waals surface area contributed by atoms with Crippen molar-refractivity contribution in [2.75, 3.05) is 0 Å². The van der Waals surface area contributed by atoms with Crippen LogP contribution in [0.15, 0.2) is 89.7 Å². The molecule has 0 radical (unpaired) electrons. The van der Waals surface area contributed by atoms with E-state index in [1.165, 1.54) is 0 Å². The lowest BCUT2D eigenvalue weighted by molar-refractivity contribution is 0.897. The smallest absolute Gasteiger partial charge is 0.265 e. The minimum Gasteiger partial charge on any atom is -0.265 e. The van der Waals surface area contributed by atoms with Gasteiger partial charge in [0, 0.05) is 11.1 Å². The van der Waals surface area contributed by atoms with Crippen molar-refractivity contribution < 1.29 is 0 Å². The molecule has 140 valence electrons. The molecule has 5 nitrogen and oxygen atoms in total. The van der Waals surface area contributed by atoms with Crippen molar-refractivity contribution in [3.8, 4) is 28.2 Å². The number of aryl methyl sites for hydroxylation is 1. The highest BCUT2D eigenvalue weighted by Gasteiger charge is 2.21. The summed E-state index contributed by atoms with van der Waals surface area (Å²) in [6.45, 7) is 2.05. The summed E-state index contributed by atoms with van der Waals surface area (Å²) in [6.07, 6.45) is 0. The van der Waals surface area contributed by atoms with Crippen molar-refractivity contribution in [3.63, 3.8) is 0 Å². The fourth-order valence-corrected chi connectivity index (χ4v) is 3.56. The zero-order valence-corrected chi connectivity index (χ0v) is 15.8. The number of aromatic nitrogens is 4. The van der Waals surface area contributed by atoms with Crippen LogP contribution in [-0.2, 0) is 0 Å². The van der Waals surface area contributed by atoms with Gasteiger partial charge in [0.1, 0.15) is 5.69 Å². The molecule has 5 aromatic rings. The molecule has 0 bridgehead atoms. The molecule has 2 aromatic heterocycles. The van der Waals surface area contributed by atoms with E-state index < -0.39 is 0 Å². The average molecular weight is 378 g/mol. The first-order chi connectivity index (χ1) is 14.2. The van der Waals surface area contributed by atoms with E-state index in [-0.39, 0.29) is 5.56 Å². The van der Waals surface area contributed by atoms with Gasteiger partial charge in [0.15, 0.2) is 5.52 Å². The van der Waals surface area contributed by atoms with E-state index in [2.05, 4.69) is 10.2 Å². The molecule has 0 amide bonds. The Bertz CT molecular complexity index is 1350. The van der Waals surface area contributed by atoms with Crippen molar-refractivity contribution in [2.45, 2.75) is 6.92 Å². The molecule has 3 aromatic carbocycles. The monoisotopic (exact) mass is 378 g/mol. The van der Waals surface area contributed by atoms with E-state index in [0.717, 1.165) is 33.5 Å². The average Bonchev–Trinajstić information content (AvgIpc) is 3.17. The first-order valence-corrected chi connectivity index (χ1v) is 9.41. The summed E-state index contributed by atoms with van der Waals surface area (Å²) in [4.78, 5) is 12.7. The number of nitrogens with zero attached hydrogens (tertiary/aromatic N) is 3. The summed E-state index contributed by atoms with van der Waals surface area (Å²) in [5, 5.41) is 12.5. The van der Waals surface area contributed by atoms with Crippen LogP contribution >= 0.6 is 0 Å². The van der Waals surface area contributed by atoms with E-state index >= 15 is 0 Å². The summed E-state index contributed by atoms with van der Waals surface area (Å²) in [7, 11) is 0. The van der Waals surface area contributed by atoms with Gasteiger partial charge < -0.3 is 0 Å². The van der Waals surface area contributed by atoms with E-state index in [9.17, 15) is 4.79 Å². The molecule has 0 aliphatic rings. The molecule has 5 rings (SSSR count). The Morgan fingerprint density at radius 3 is 2.07 bits per heavy atom. The third kappa shape index (κ3) is 2.93. The Hall–Kier alpha value is -3.99. The van der Waals surface area contributed by atoms with Crippen molar-refractivity contribution in [1.82, 2.24) is 20.0 Å². The van der Waals surface area contributed by atoms with Crippen LogP contribution in [0.2, 0.25) is 0 Å². The van der Waals surface area contributed by atoms with E-state index in [0.29, 0.717) is 11.2 Å². The number of rotatable bonds is 3. The molecule has 0 atom stereocenters. The maximum atomic E-state index is 12.7. The van der Waals surface area contributed by atoms with Crippen LogP contribution in [0.3, 0.4) is 0 Å². The largest absolute Gasteiger partial charge is 0.292 e.